The van der Waals surface area contributed by atoms with Crippen LogP contribution in [-0.4, -0.2) is 30.6 Å². The van der Waals surface area contributed by atoms with E-state index < -0.39 is 0 Å². The molecule has 6 nitrogen and oxygen atoms in total. The lowest BCUT2D eigenvalue weighted by Crippen LogP contribution is -2.22. The van der Waals surface area contributed by atoms with Gasteiger partial charge in [0, 0.05) is 23.4 Å². The average Bonchev–Trinajstić information content (AvgIpc) is 3.06. The van der Waals surface area contributed by atoms with E-state index in [2.05, 4.69) is 10.3 Å². The molecular formula is C24H26N2O4. The van der Waals surface area contributed by atoms with Gasteiger partial charge in [0.05, 0.1) is 13.7 Å². The van der Waals surface area contributed by atoms with Crippen molar-refractivity contribution in [3.63, 3.8) is 0 Å². The summed E-state index contributed by atoms with van der Waals surface area (Å²) in [6.45, 7) is 6.35. The fraction of sp³-hybridized carbons (Fsp3) is 0.250. The van der Waals surface area contributed by atoms with Crippen LogP contribution >= 0.6 is 0 Å². The van der Waals surface area contributed by atoms with Gasteiger partial charge in [-0.15, -0.1) is 0 Å². The molecule has 0 aliphatic rings. The van der Waals surface area contributed by atoms with Crippen LogP contribution < -0.4 is 10.1 Å². The van der Waals surface area contributed by atoms with E-state index in [4.69, 9.17) is 9.47 Å². The SMILES string of the molecule is CCOC(=O)c1[nH]c(C)c(-c2ccc(C(=O)NCc3ccc(OC)cc3)cc2)c1C. The Morgan fingerprint density at radius 3 is 2.27 bits per heavy atom. The molecule has 2 N–H and O–H groups in total. The topological polar surface area (TPSA) is 80.4 Å². The van der Waals surface area contributed by atoms with Gasteiger partial charge in [-0.25, -0.2) is 4.79 Å². The number of carbonyl (C=O) groups excluding carboxylic acids is 2. The van der Waals surface area contributed by atoms with Crippen molar-refractivity contribution in [3.8, 4) is 16.9 Å². The number of nitrogens with one attached hydrogen (secondary N) is 2. The first-order chi connectivity index (χ1) is 14.4. The Hall–Kier alpha value is -3.54. The van der Waals surface area contributed by atoms with Crippen LogP contribution in [0.3, 0.4) is 0 Å². The van der Waals surface area contributed by atoms with E-state index in [1.807, 2.05) is 50.2 Å². The van der Waals surface area contributed by atoms with Crippen molar-refractivity contribution in [1.82, 2.24) is 10.3 Å². The van der Waals surface area contributed by atoms with Crippen LogP contribution in [0.5, 0.6) is 5.75 Å². The standard InChI is InChI=1S/C24H26N2O4/c1-5-30-24(28)22-15(2)21(16(3)26-22)18-8-10-19(11-9-18)23(27)25-14-17-6-12-20(29-4)13-7-17/h6-13,26H,5,14H2,1-4H3,(H,25,27). The quantitative estimate of drug-likeness (QED) is 0.570. The van der Waals surface area contributed by atoms with Crippen molar-refractivity contribution < 1.29 is 19.1 Å². The lowest BCUT2D eigenvalue weighted by atomic mass is 10.00. The first kappa shape index (κ1) is 21.2. The third kappa shape index (κ3) is 4.54. The predicted octanol–water partition coefficient (Wildman–Crippen LogP) is 4.41. The zero-order chi connectivity index (χ0) is 21.7. The summed E-state index contributed by atoms with van der Waals surface area (Å²) in [6.07, 6.45) is 0. The Morgan fingerprint density at radius 2 is 1.67 bits per heavy atom. The monoisotopic (exact) mass is 406 g/mol. The molecule has 1 amide bonds. The fourth-order valence-corrected chi connectivity index (χ4v) is 3.41. The van der Waals surface area contributed by atoms with E-state index >= 15 is 0 Å². The van der Waals surface area contributed by atoms with Crippen LogP contribution in [0.2, 0.25) is 0 Å². The number of aromatic amines is 1. The lowest BCUT2D eigenvalue weighted by Gasteiger charge is -2.08. The Morgan fingerprint density at radius 1 is 1.00 bits per heavy atom. The number of aromatic nitrogens is 1. The van der Waals surface area contributed by atoms with Gasteiger partial charge >= 0.3 is 5.97 Å². The minimum absolute atomic E-state index is 0.146. The summed E-state index contributed by atoms with van der Waals surface area (Å²) >= 11 is 0. The first-order valence-electron chi connectivity index (χ1n) is 9.82. The molecule has 0 bridgehead atoms. The van der Waals surface area contributed by atoms with Crippen molar-refractivity contribution in [2.75, 3.05) is 13.7 Å². The molecule has 1 heterocycles. The number of esters is 1. The van der Waals surface area contributed by atoms with Gasteiger partial charge in [0.1, 0.15) is 11.4 Å². The third-order valence-corrected chi connectivity index (χ3v) is 4.96. The molecule has 1 aromatic heterocycles. The average molecular weight is 406 g/mol. The maximum absolute atomic E-state index is 12.5. The highest BCUT2D eigenvalue weighted by atomic mass is 16.5. The van der Waals surface area contributed by atoms with E-state index in [0.717, 1.165) is 33.7 Å². The first-order valence-corrected chi connectivity index (χ1v) is 9.82. The Kier molecular flexibility index (Phi) is 6.57. The second kappa shape index (κ2) is 9.31. The molecule has 2 aromatic carbocycles. The number of hydrogen-bond acceptors (Lipinski definition) is 4. The van der Waals surface area contributed by atoms with Gasteiger partial charge in [0.15, 0.2) is 0 Å². The molecule has 0 spiro atoms. The molecular weight excluding hydrogens is 380 g/mol. The smallest absolute Gasteiger partial charge is 0.355 e. The van der Waals surface area contributed by atoms with Gasteiger partial charge in [-0.2, -0.15) is 0 Å². The van der Waals surface area contributed by atoms with Gasteiger partial charge in [-0.3, -0.25) is 4.79 Å². The third-order valence-electron chi connectivity index (χ3n) is 4.96. The Bertz CT molecular complexity index is 1030. The van der Waals surface area contributed by atoms with Crippen LogP contribution in [-0.2, 0) is 11.3 Å². The molecule has 3 rings (SSSR count). The van der Waals surface area contributed by atoms with Gasteiger partial charge in [0.2, 0.25) is 0 Å². The minimum atomic E-state index is -0.362. The number of aryl methyl sites for hydroxylation is 1. The van der Waals surface area contributed by atoms with Gasteiger partial charge in [-0.1, -0.05) is 24.3 Å². The zero-order valence-corrected chi connectivity index (χ0v) is 17.7. The number of amides is 1. The largest absolute Gasteiger partial charge is 0.497 e. The van der Waals surface area contributed by atoms with Gasteiger partial charge in [0.25, 0.3) is 5.91 Å². The van der Waals surface area contributed by atoms with Crippen molar-refractivity contribution in [1.29, 1.82) is 0 Å². The van der Waals surface area contributed by atoms with E-state index in [9.17, 15) is 9.59 Å². The van der Waals surface area contributed by atoms with Gasteiger partial charge < -0.3 is 19.8 Å². The number of rotatable bonds is 7. The van der Waals surface area contributed by atoms with E-state index in [-0.39, 0.29) is 11.9 Å². The normalized spacial score (nSPS) is 10.5. The summed E-state index contributed by atoms with van der Waals surface area (Å²) < 4.78 is 10.2. The van der Waals surface area contributed by atoms with Crippen molar-refractivity contribution in [2.45, 2.75) is 27.3 Å². The summed E-state index contributed by atoms with van der Waals surface area (Å²) in [4.78, 5) is 27.7. The molecule has 0 aliphatic heterocycles. The molecule has 0 aliphatic carbocycles. The second-order valence-corrected chi connectivity index (χ2v) is 6.95. The van der Waals surface area contributed by atoms with Crippen molar-refractivity contribution >= 4 is 11.9 Å². The van der Waals surface area contributed by atoms with Crippen LogP contribution in [0.15, 0.2) is 48.5 Å². The molecule has 3 aromatic rings. The van der Waals surface area contributed by atoms with Crippen LogP contribution in [0.25, 0.3) is 11.1 Å². The Labute approximate surface area is 176 Å². The molecule has 30 heavy (non-hydrogen) atoms. The molecule has 6 heteroatoms. The summed E-state index contributed by atoms with van der Waals surface area (Å²) in [7, 11) is 1.62. The molecule has 0 saturated carbocycles. The highest BCUT2D eigenvalue weighted by Gasteiger charge is 2.19. The van der Waals surface area contributed by atoms with Crippen molar-refractivity contribution in [3.05, 3.63) is 76.6 Å². The fourth-order valence-electron chi connectivity index (χ4n) is 3.41. The number of carbonyl (C=O) groups is 2. The minimum Gasteiger partial charge on any atom is -0.497 e. The highest BCUT2D eigenvalue weighted by Crippen LogP contribution is 2.30. The summed E-state index contributed by atoms with van der Waals surface area (Å²) in [5.74, 6) is 0.271. The molecule has 0 fully saturated rings. The van der Waals surface area contributed by atoms with Crippen molar-refractivity contribution in [2.24, 2.45) is 0 Å². The highest BCUT2D eigenvalue weighted by molar-refractivity contribution is 5.95. The predicted molar refractivity (Wildman–Crippen MR) is 116 cm³/mol. The van der Waals surface area contributed by atoms with Crippen LogP contribution in [0.4, 0.5) is 0 Å². The molecule has 0 unspecified atom stereocenters. The Balaban J connectivity index is 1.71. The number of ether oxygens (including phenoxy) is 2. The van der Waals surface area contributed by atoms with E-state index in [1.54, 1.807) is 26.2 Å². The second-order valence-electron chi connectivity index (χ2n) is 6.95. The maximum Gasteiger partial charge on any atom is 0.355 e. The van der Waals surface area contributed by atoms with E-state index in [0.29, 0.717) is 24.4 Å². The number of H-pyrrole nitrogens is 1. The summed E-state index contributed by atoms with van der Waals surface area (Å²) in [5.41, 5.74) is 5.63. The zero-order valence-electron chi connectivity index (χ0n) is 17.7. The molecule has 0 radical (unpaired) electrons. The summed E-state index contributed by atoms with van der Waals surface area (Å²) in [6, 6.07) is 14.9. The molecule has 0 atom stereocenters. The number of hydrogen-bond donors (Lipinski definition) is 2. The van der Waals surface area contributed by atoms with Crippen LogP contribution in [0, 0.1) is 13.8 Å². The van der Waals surface area contributed by atoms with E-state index in [1.165, 1.54) is 0 Å². The lowest BCUT2D eigenvalue weighted by molar-refractivity contribution is 0.0519. The number of methoxy groups -OCH3 is 1. The summed E-state index contributed by atoms with van der Waals surface area (Å²) in [5, 5.41) is 2.92. The number of benzene rings is 2. The van der Waals surface area contributed by atoms with Crippen LogP contribution in [0.1, 0.15) is 44.6 Å². The van der Waals surface area contributed by atoms with Gasteiger partial charge in [-0.05, 0) is 61.7 Å². The maximum atomic E-state index is 12.5. The molecule has 156 valence electrons. The molecule has 0 saturated heterocycles.